The minimum Gasteiger partial charge on any atom is -0.466 e. The molecule has 0 radical (unpaired) electrons. The van der Waals surface area contributed by atoms with Gasteiger partial charge in [-0.25, -0.2) is 13.4 Å². The normalized spacial score (nSPS) is 10.4. The minimum atomic E-state index is -1.00. The molecule has 0 atom stereocenters. The first-order chi connectivity index (χ1) is 8.51. The van der Waals surface area contributed by atoms with E-state index in [1.165, 1.54) is 7.05 Å². The van der Waals surface area contributed by atoms with E-state index in [9.17, 15) is 9.59 Å². The largest absolute Gasteiger partial charge is 0.466 e. The number of amides is 1. The third-order valence-electron chi connectivity index (χ3n) is 2.14. The standard InChI is InChI=1S/C11H22N2O4S/c1-4-6-8-13(18-12(3)11(15)16)9-7-10(14)17-5-2/h4-9H2,1-3H3,(H,15,16). The maximum atomic E-state index is 11.3. The molecule has 0 saturated heterocycles. The summed E-state index contributed by atoms with van der Waals surface area (Å²) >= 11 is 1.11. The van der Waals surface area contributed by atoms with Gasteiger partial charge in [0.25, 0.3) is 0 Å². The zero-order chi connectivity index (χ0) is 14.0. The highest BCUT2D eigenvalue weighted by Gasteiger charge is 2.15. The van der Waals surface area contributed by atoms with E-state index in [1.54, 1.807) is 6.92 Å². The van der Waals surface area contributed by atoms with Crippen LogP contribution in [0, 0.1) is 0 Å². The summed E-state index contributed by atoms with van der Waals surface area (Å²) in [5, 5.41) is 8.80. The molecule has 0 aliphatic carbocycles. The number of nitrogens with zero attached hydrogens (tertiary/aromatic N) is 2. The van der Waals surface area contributed by atoms with Crippen LogP contribution in [-0.2, 0) is 9.53 Å². The van der Waals surface area contributed by atoms with Crippen LogP contribution in [0.2, 0.25) is 0 Å². The molecule has 1 N–H and O–H groups in total. The van der Waals surface area contributed by atoms with Gasteiger partial charge in [0, 0.05) is 32.3 Å². The van der Waals surface area contributed by atoms with Gasteiger partial charge in [0.05, 0.1) is 13.0 Å². The predicted octanol–water partition coefficient (Wildman–Crippen LogP) is 2.21. The summed E-state index contributed by atoms with van der Waals surface area (Å²) in [5.41, 5.74) is 0. The van der Waals surface area contributed by atoms with Crippen LogP contribution in [0.3, 0.4) is 0 Å². The molecule has 0 unspecified atom stereocenters. The van der Waals surface area contributed by atoms with E-state index in [-0.39, 0.29) is 12.4 Å². The molecule has 0 aliphatic heterocycles. The Balaban J connectivity index is 4.13. The monoisotopic (exact) mass is 278 g/mol. The molecule has 0 heterocycles. The summed E-state index contributed by atoms with van der Waals surface area (Å²) in [6, 6.07) is 0. The second-order valence-electron chi connectivity index (χ2n) is 3.70. The lowest BCUT2D eigenvalue weighted by molar-refractivity contribution is -0.143. The Labute approximate surface area is 113 Å². The highest BCUT2D eigenvalue weighted by atomic mass is 32.2. The quantitative estimate of drug-likeness (QED) is 0.515. The molecule has 7 heteroatoms. The number of carbonyl (C=O) groups is 2. The predicted molar refractivity (Wildman–Crippen MR) is 71.1 cm³/mol. The number of ether oxygens (including phenoxy) is 1. The van der Waals surface area contributed by atoms with E-state index in [0.717, 1.165) is 35.8 Å². The maximum Gasteiger partial charge on any atom is 0.418 e. The molecule has 0 saturated carbocycles. The maximum absolute atomic E-state index is 11.3. The van der Waals surface area contributed by atoms with Gasteiger partial charge in [-0.2, -0.15) is 0 Å². The minimum absolute atomic E-state index is 0.252. The van der Waals surface area contributed by atoms with Crippen LogP contribution in [0.4, 0.5) is 4.79 Å². The average molecular weight is 278 g/mol. The molecule has 0 aliphatic rings. The lowest BCUT2D eigenvalue weighted by atomic mass is 10.3. The fraction of sp³-hybridized carbons (Fsp3) is 0.818. The van der Waals surface area contributed by atoms with E-state index >= 15 is 0 Å². The average Bonchev–Trinajstić information content (AvgIpc) is 2.32. The number of unbranched alkanes of at least 4 members (excludes halogenated alkanes) is 1. The van der Waals surface area contributed by atoms with Gasteiger partial charge in [-0.15, -0.1) is 0 Å². The molecule has 0 spiro atoms. The third kappa shape index (κ3) is 8.19. The van der Waals surface area contributed by atoms with Gasteiger partial charge in [-0.1, -0.05) is 13.3 Å². The first kappa shape index (κ1) is 17.1. The highest BCUT2D eigenvalue weighted by molar-refractivity contribution is 7.95. The Morgan fingerprint density at radius 3 is 2.44 bits per heavy atom. The first-order valence-corrected chi connectivity index (χ1v) is 6.79. The van der Waals surface area contributed by atoms with Crippen LogP contribution >= 0.6 is 12.1 Å². The van der Waals surface area contributed by atoms with Crippen molar-refractivity contribution in [3.8, 4) is 0 Å². The van der Waals surface area contributed by atoms with E-state index in [4.69, 9.17) is 9.84 Å². The lowest BCUT2D eigenvalue weighted by Gasteiger charge is -2.23. The van der Waals surface area contributed by atoms with Crippen molar-refractivity contribution in [3.05, 3.63) is 0 Å². The van der Waals surface area contributed by atoms with Gasteiger partial charge >= 0.3 is 12.1 Å². The molecule has 0 aromatic rings. The van der Waals surface area contributed by atoms with Crippen molar-refractivity contribution in [2.24, 2.45) is 0 Å². The van der Waals surface area contributed by atoms with Crippen LogP contribution in [-0.4, -0.2) is 52.5 Å². The Hall–Kier alpha value is -0.950. The van der Waals surface area contributed by atoms with Gasteiger partial charge in [0.1, 0.15) is 0 Å². The SMILES string of the molecule is CCCCN(CCC(=O)OCC)SN(C)C(=O)O. The van der Waals surface area contributed by atoms with Gasteiger partial charge < -0.3 is 9.84 Å². The molecule has 18 heavy (non-hydrogen) atoms. The van der Waals surface area contributed by atoms with Crippen molar-refractivity contribution in [1.29, 1.82) is 0 Å². The number of hydrogen-bond donors (Lipinski definition) is 1. The highest BCUT2D eigenvalue weighted by Crippen LogP contribution is 2.16. The van der Waals surface area contributed by atoms with Gasteiger partial charge in [0.15, 0.2) is 0 Å². The number of hydrogen-bond acceptors (Lipinski definition) is 5. The van der Waals surface area contributed by atoms with Crippen molar-refractivity contribution in [2.75, 3.05) is 26.7 Å². The second-order valence-corrected chi connectivity index (χ2v) is 4.93. The van der Waals surface area contributed by atoms with E-state index in [0.29, 0.717) is 13.2 Å². The van der Waals surface area contributed by atoms with Crippen molar-refractivity contribution < 1.29 is 19.4 Å². The Morgan fingerprint density at radius 2 is 1.94 bits per heavy atom. The topological polar surface area (TPSA) is 70.1 Å². The van der Waals surface area contributed by atoms with Crippen molar-refractivity contribution >= 4 is 24.2 Å². The van der Waals surface area contributed by atoms with E-state index in [1.807, 2.05) is 4.31 Å². The fourth-order valence-electron chi connectivity index (χ4n) is 1.19. The molecule has 0 fully saturated rings. The third-order valence-corrected chi connectivity index (χ3v) is 3.14. The summed E-state index contributed by atoms with van der Waals surface area (Å²) in [4.78, 5) is 22.0. The Kier molecular flexibility index (Phi) is 9.49. The summed E-state index contributed by atoms with van der Waals surface area (Å²) < 4.78 is 7.84. The fourth-order valence-corrected chi connectivity index (χ4v) is 1.99. The Morgan fingerprint density at radius 1 is 1.28 bits per heavy atom. The number of esters is 1. The van der Waals surface area contributed by atoms with Gasteiger partial charge in [-0.3, -0.25) is 4.79 Å². The number of carboxylic acid groups (broad SMARTS) is 1. The summed E-state index contributed by atoms with van der Waals surface area (Å²) in [7, 11) is 1.48. The molecule has 6 nitrogen and oxygen atoms in total. The van der Waals surface area contributed by atoms with Crippen molar-refractivity contribution in [2.45, 2.75) is 33.1 Å². The van der Waals surface area contributed by atoms with Crippen LogP contribution in [0.25, 0.3) is 0 Å². The van der Waals surface area contributed by atoms with Crippen molar-refractivity contribution in [1.82, 2.24) is 8.61 Å². The molecule has 0 rings (SSSR count). The molecular weight excluding hydrogens is 256 g/mol. The van der Waals surface area contributed by atoms with E-state index in [2.05, 4.69) is 6.92 Å². The molecule has 106 valence electrons. The molecular formula is C11H22N2O4S. The summed E-state index contributed by atoms with van der Waals surface area (Å²) in [6.07, 6.45) is 1.26. The zero-order valence-corrected chi connectivity index (χ0v) is 12.0. The van der Waals surface area contributed by atoms with Crippen LogP contribution in [0.1, 0.15) is 33.1 Å². The summed E-state index contributed by atoms with van der Waals surface area (Å²) in [5.74, 6) is -0.252. The smallest absolute Gasteiger partial charge is 0.418 e. The summed E-state index contributed by atoms with van der Waals surface area (Å²) in [6.45, 7) is 5.43. The Bertz CT molecular complexity index is 263. The van der Waals surface area contributed by atoms with Gasteiger partial charge in [0.2, 0.25) is 0 Å². The van der Waals surface area contributed by atoms with E-state index < -0.39 is 6.09 Å². The number of carbonyl (C=O) groups excluding carboxylic acids is 1. The number of rotatable bonds is 9. The molecule has 0 aromatic heterocycles. The molecule has 0 aromatic carbocycles. The lowest BCUT2D eigenvalue weighted by Crippen LogP contribution is -2.29. The second kappa shape index (κ2) is 10.0. The molecule has 1 amide bonds. The zero-order valence-electron chi connectivity index (χ0n) is 11.2. The van der Waals surface area contributed by atoms with Crippen LogP contribution in [0.5, 0.6) is 0 Å². The van der Waals surface area contributed by atoms with Crippen molar-refractivity contribution in [3.63, 3.8) is 0 Å². The van der Waals surface area contributed by atoms with Crippen LogP contribution in [0.15, 0.2) is 0 Å². The first-order valence-electron chi connectivity index (χ1n) is 6.06. The van der Waals surface area contributed by atoms with Crippen LogP contribution < -0.4 is 0 Å². The van der Waals surface area contributed by atoms with Gasteiger partial charge in [-0.05, 0) is 13.3 Å². The molecule has 0 bridgehead atoms.